The normalized spacial score (nSPS) is 11.4. The van der Waals surface area contributed by atoms with Crippen molar-refractivity contribution in [2.24, 2.45) is 0 Å². The Morgan fingerprint density at radius 1 is 1.29 bits per heavy atom. The van der Waals surface area contributed by atoms with E-state index in [0.29, 0.717) is 4.68 Å². The molecule has 110 valence electrons. The number of carboxylic acids is 1. The standard InChI is InChI=1S/C13H9F3N2O3/c1-7-5-10(12(20)21)11(19)18(17-7)9-4-2-3-8(6-9)13(14,15)16/h2-6H,1H3,(H,20,21). The molecule has 1 heterocycles. The molecule has 0 spiro atoms. The van der Waals surface area contributed by atoms with Gasteiger partial charge < -0.3 is 5.11 Å². The Bertz CT molecular complexity index is 766. The maximum Gasteiger partial charge on any atom is 0.416 e. The van der Waals surface area contributed by atoms with Crippen molar-refractivity contribution >= 4 is 5.97 Å². The maximum atomic E-state index is 12.7. The van der Waals surface area contributed by atoms with E-state index in [0.717, 1.165) is 24.3 Å². The van der Waals surface area contributed by atoms with Crippen LogP contribution in [0.2, 0.25) is 0 Å². The Hall–Kier alpha value is -2.64. The van der Waals surface area contributed by atoms with Crippen molar-refractivity contribution in [2.45, 2.75) is 13.1 Å². The van der Waals surface area contributed by atoms with Gasteiger partial charge >= 0.3 is 12.1 Å². The van der Waals surface area contributed by atoms with Crippen molar-refractivity contribution in [3.8, 4) is 5.69 Å². The van der Waals surface area contributed by atoms with Crippen molar-refractivity contribution in [3.63, 3.8) is 0 Å². The SMILES string of the molecule is Cc1cc(C(=O)O)c(=O)n(-c2cccc(C(F)(F)F)c2)n1. The van der Waals surface area contributed by atoms with Crippen LogP contribution in [0.1, 0.15) is 21.6 Å². The van der Waals surface area contributed by atoms with Gasteiger partial charge in [-0.05, 0) is 31.2 Å². The lowest BCUT2D eigenvalue weighted by Crippen LogP contribution is -2.28. The monoisotopic (exact) mass is 298 g/mol. The van der Waals surface area contributed by atoms with Crippen LogP contribution in [0.3, 0.4) is 0 Å². The molecule has 0 aliphatic rings. The zero-order valence-electron chi connectivity index (χ0n) is 10.7. The molecule has 0 saturated heterocycles. The van der Waals surface area contributed by atoms with Crippen LogP contribution in [0, 0.1) is 6.92 Å². The zero-order valence-corrected chi connectivity index (χ0v) is 10.7. The van der Waals surface area contributed by atoms with Crippen LogP contribution in [-0.2, 0) is 6.18 Å². The highest BCUT2D eigenvalue weighted by Crippen LogP contribution is 2.29. The second-order valence-electron chi connectivity index (χ2n) is 4.27. The molecule has 2 aromatic rings. The third kappa shape index (κ3) is 2.93. The maximum absolute atomic E-state index is 12.7. The van der Waals surface area contributed by atoms with Gasteiger partial charge in [-0.3, -0.25) is 4.79 Å². The Morgan fingerprint density at radius 3 is 2.52 bits per heavy atom. The molecule has 0 fully saturated rings. The minimum atomic E-state index is -4.57. The van der Waals surface area contributed by atoms with E-state index >= 15 is 0 Å². The van der Waals surface area contributed by atoms with Crippen LogP contribution in [-0.4, -0.2) is 20.9 Å². The molecule has 0 atom stereocenters. The van der Waals surface area contributed by atoms with Crippen LogP contribution in [0.5, 0.6) is 0 Å². The van der Waals surface area contributed by atoms with Crippen molar-refractivity contribution < 1.29 is 23.1 Å². The summed E-state index contributed by atoms with van der Waals surface area (Å²) in [4.78, 5) is 22.9. The van der Waals surface area contributed by atoms with Gasteiger partial charge in [0.25, 0.3) is 5.56 Å². The lowest BCUT2D eigenvalue weighted by atomic mass is 10.2. The Balaban J connectivity index is 2.68. The summed E-state index contributed by atoms with van der Waals surface area (Å²) in [5, 5.41) is 12.7. The summed E-state index contributed by atoms with van der Waals surface area (Å²) in [6, 6.07) is 5.01. The fourth-order valence-electron chi connectivity index (χ4n) is 1.76. The number of hydrogen-bond donors (Lipinski definition) is 1. The molecule has 2 rings (SSSR count). The topological polar surface area (TPSA) is 72.2 Å². The number of aromatic carboxylic acids is 1. The summed E-state index contributed by atoms with van der Waals surface area (Å²) in [7, 11) is 0. The van der Waals surface area contributed by atoms with Gasteiger partial charge in [-0.2, -0.15) is 23.0 Å². The zero-order chi connectivity index (χ0) is 15.8. The average Bonchev–Trinajstić information content (AvgIpc) is 2.40. The molecule has 1 aromatic carbocycles. The lowest BCUT2D eigenvalue weighted by molar-refractivity contribution is -0.137. The molecule has 0 bridgehead atoms. The minimum Gasteiger partial charge on any atom is -0.477 e. The number of nitrogens with zero attached hydrogens (tertiary/aromatic N) is 2. The van der Waals surface area contributed by atoms with Gasteiger partial charge in [0.15, 0.2) is 0 Å². The number of carboxylic acid groups (broad SMARTS) is 1. The number of rotatable bonds is 2. The number of hydrogen-bond acceptors (Lipinski definition) is 3. The number of benzene rings is 1. The van der Waals surface area contributed by atoms with E-state index < -0.39 is 28.8 Å². The molecule has 0 amide bonds. The largest absolute Gasteiger partial charge is 0.477 e. The molecule has 21 heavy (non-hydrogen) atoms. The first kappa shape index (κ1) is 14.8. The smallest absolute Gasteiger partial charge is 0.416 e. The molecule has 1 N–H and O–H groups in total. The summed E-state index contributed by atoms with van der Waals surface area (Å²) in [5.74, 6) is -1.47. The predicted octanol–water partition coefficient (Wildman–Crippen LogP) is 2.26. The molecule has 1 aromatic heterocycles. The quantitative estimate of drug-likeness (QED) is 0.923. The molecule has 0 unspecified atom stereocenters. The van der Waals surface area contributed by atoms with E-state index in [4.69, 9.17) is 5.11 Å². The predicted molar refractivity (Wildman–Crippen MR) is 66.5 cm³/mol. The second kappa shape index (κ2) is 5.04. The van der Waals surface area contributed by atoms with Crippen molar-refractivity contribution in [2.75, 3.05) is 0 Å². The highest BCUT2D eigenvalue weighted by Gasteiger charge is 2.30. The molecular formula is C13H9F3N2O3. The van der Waals surface area contributed by atoms with Gasteiger partial charge in [0.05, 0.1) is 16.9 Å². The molecular weight excluding hydrogens is 289 g/mol. The van der Waals surface area contributed by atoms with E-state index in [9.17, 15) is 22.8 Å². The van der Waals surface area contributed by atoms with E-state index in [-0.39, 0.29) is 11.4 Å². The van der Waals surface area contributed by atoms with Crippen LogP contribution in [0.15, 0.2) is 35.1 Å². The number of alkyl halides is 3. The Morgan fingerprint density at radius 2 is 1.95 bits per heavy atom. The van der Waals surface area contributed by atoms with Crippen LogP contribution in [0.4, 0.5) is 13.2 Å². The minimum absolute atomic E-state index is 0.152. The Labute approximate surface area is 116 Å². The van der Waals surface area contributed by atoms with Crippen molar-refractivity contribution in [3.05, 3.63) is 57.5 Å². The highest BCUT2D eigenvalue weighted by atomic mass is 19.4. The van der Waals surface area contributed by atoms with E-state index in [1.165, 1.54) is 13.0 Å². The number of aryl methyl sites for hydroxylation is 1. The lowest BCUT2D eigenvalue weighted by Gasteiger charge is -2.10. The van der Waals surface area contributed by atoms with Crippen LogP contribution < -0.4 is 5.56 Å². The fourth-order valence-corrected chi connectivity index (χ4v) is 1.76. The Kier molecular flexibility index (Phi) is 3.54. The van der Waals surface area contributed by atoms with Crippen molar-refractivity contribution in [1.82, 2.24) is 9.78 Å². The summed E-state index contributed by atoms with van der Waals surface area (Å²) < 4.78 is 38.7. The molecule has 0 aliphatic carbocycles. The molecule has 0 aliphatic heterocycles. The number of halogens is 3. The summed E-state index contributed by atoms with van der Waals surface area (Å²) >= 11 is 0. The third-order valence-electron chi connectivity index (χ3n) is 2.68. The first-order valence-corrected chi connectivity index (χ1v) is 5.72. The first-order valence-electron chi connectivity index (χ1n) is 5.72. The van der Waals surface area contributed by atoms with Gasteiger partial charge in [0, 0.05) is 0 Å². The van der Waals surface area contributed by atoms with Gasteiger partial charge in [-0.25, -0.2) is 4.79 Å². The van der Waals surface area contributed by atoms with Gasteiger partial charge in [0.1, 0.15) is 5.56 Å². The average molecular weight is 298 g/mol. The van der Waals surface area contributed by atoms with E-state index in [2.05, 4.69) is 5.10 Å². The number of aromatic nitrogens is 2. The van der Waals surface area contributed by atoms with E-state index in [1.807, 2.05) is 0 Å². The first-order chi connectivity index (χ1) is 9.70. The summed E-state index contributed by atoms with van der Waals surface area (Å²) in [6.07, 6.45) is -4.57. The molecule has 5 nitrogen and oxygen atoms in total. The second-order valence-corrected chi connectivity index (χ2v) is 4.27. The van der Waals surface area contributed by atoms with Gasteiger partial charge in [0.2, 0.25) is 0 Å². The third-order valence-corrected chi connectivity index (χ3v) is 2.68. The number of carbonyl (C=O) groups is 1. The van der Waals surface area contributed by atoms with Crippen molar-refractivity contribution in [1.29, 1.82) is 0 Å². The van der Waals surface area contributed by atoms with E-state index in [1.54, 1.807) is 0 Å². The van der Waals surface area contributed by atoms with Crippen LogP contribution in [0.25, 0.3) is 5.69 Å². The summed E-state index contributed by atoms with van der Waals surface area (Å²) in [6.45, 7) is 1.44. The fraction of sp³-hybridized carbons (Fsp3) is 0.154. The van der Waals surface area contributed by atoms with Crippen LogP contribution >= 0.6 is 0 Å². The highest BCUT2D eigenvalue weighted by molar-refractivity contribution is 5.87. The van der Waals surface area contributed by atoms with Gasteiger partial charge in [-0.15, -0.1) is 0 Å². The van der Waals surface area contributed by atoms with Gasteiger partial charge in [-0.1, -0.05) is 6.07 Å². The molecule has 0 radical (unpaired) electrons. The summed E-state index contributed by atoms with van der Waals surface area (Å²) in [5.41, 5.74) is -2.45. The molecule has 0 saturated carbocycles. The molecule has 8 heteroatoms.